The molecule has 0 aromatic heterocycles. The molecule has 2 aromatic rings. The monoisotopic (exact) mass is 363 g/mol. The first-order valence-electron chi connectivity index (χ1n) is 8.11. The molecule has 0 aliphatic carbocycles. The summed E-state index contributed by atoms with van der Waals surface area (Å²) in [5.74, 6) is -0.445. The third-order valence-corrected chi connectivity index (χ3v) is 3.99. The zero-order valence-corrected chi connectivity index (χ0v) is 14.6. The van der Waals surface area contributed by atoms with Crippen molar-refractivity contribution in [2.75, 3.05) is 19.8 Å². The van der Waals surface area contributed by atoms with E-state index in [1.165, 1.54) is 0 Å². The zero-order valence-electron chi connectivity index (χ0n) is 13.8. The van der Waals surface area contributed by atoms with Gasteiger partial charge in [0.1, 0.15) is 5.75 Å². The van der Waals surface area contributed by atoms with Gasteiger partial charge < -0.3 is 20.3 Å². The van der Waals surface area contributed by atoms with E-state index in [9.17, 15) is 9.90 Å². The summed E-state index contributed by atoms with van der Waals surface area (Å²) in [4.78, 5) is 10.5. The summed E-state index contributed by atoms with van der Waals surface area (Å²) in [6.07, 6.45) is 1.78. The minimum absolute atomic E-state index is 0.00988. The fourth-order valence-corrected chi connectivity index (χ4v) is 2.68. The van der Waals surface area contributed by atoms with Gasteiger partial charge in [0.15, 0.2) is 6.61 Å². The molecule has 0 radical (unpaired) electrons. The molecule has 134 valence electrons. The first kappa shape index (κ1) is 19.2. The van der Waals surface area contributed by atoms with Gasteiger partial charge >= 0.3 is 5.97 Å². The van der Waals surface area contributed by atoms with Gasteiger partial charge in [0, 0.05) is 5.02 Å². The second kappa shape index (κ2) is 10.0. The van der Waals surface area contributed by atoms with E-state index >= 15 is 0 Å². The lowest BCUT2D eigenvalue weighted by Crippen LogP contribution is -2.25. The Kier molecular flexibility index (Phi) is 7.73. The van der Waals surface area contributed by atoms with Crippen molar-refractivity contribution in [1.82, 2.24) is 5.32 Å². The summed E-state index contributed by atoms with van der Waals surface area (Å²) >= 11 is 5.99. The van der Waals surface area contributed by atoms with Crippen molar-refractivity contribution in [1.29, 1.82) is 0 Å². The molecule has 1 atom stereocenters. The summed E-state index contributed by atoms with van der Waals surface area (Å²) in [6, 6.07) is 14.7. The Morgan fingerprint density at radius 3 is 2.60 bits per heavy atom. The van der Waals surface area contributed by atoms with E-state index < -0.39 is 5.97 Å². The highest BCUT2D eigenvalue weighted by Crippen LogP contribution is 2.18. The summed E-state index contributed by atoms with van der Waals surface area (Å²) in [7, 11) is 0. The Balaban J connectivity index is 1.75. The van der Waals surface area contributed by atoms with Gasteiger partial charge in [-0.25, -0.2) is 4.79 Å². The predicted octanol–water partition coefficient (Wildman–Crippen LogP) is 3.06. The number of nitrogens with one attached hydrogen (secondary N) is 1. The van der Waals surface area contributed by atoms with Crippen molar-refractivity contribution >= 4 is 17.6 Å². The number of hydrogen-bond donors (Lipinski definition) is 3. The van der Waals surface area contributed by atoms with Crippen molar-refractivity contribution in [3.8, 4) is 5.75 Å². The standard InChI is InChI=1S/C19H22ClNO4/c20-16-5-1-4-15(11-16)18(12-22)21-10-2-3-14-6-8-17(9-7-14)25-13-19(23)24/h1,4-9,11,18,21-22H,2-3,10,12-13H2,(H,23,24). The normalized spacial score (nSPS) is 11.9. The topological polar surface area (TPSA) is 78.8 Å². The maximum Gasteiger partial charge on any atom is 0.341 e. The highest BCUT2D eigenvalue weighted by Gasteiger charge is 2.09. The first-order valence-corrected chi connectivity index (χ1v) is 8.49. The van der Waals surface area contributed by atoms with Gasteiger partial charge in [-0.15, -0.1) is 0 Å². The second-order valence-electron chi connectivity index (χ2n) is 5.67. The van der Waals surface area contributed by atoms with Gasteiger partial charge in [-0.1, -0.05) is 35.9 Å². The molecule has 3 N–H and O–H groups in total. The first-order chi connectivity index (χ1) is 12.1. The smallest absolute Gasteiger partial charge is 0.341 e. The Bertz CT molecular complexity index is 675. The fourth-order valence-electron chi connectivity index (χ4n) is 2.48. The number of carboxylic acids is 1. The molecular weight excluding hydrogens is 342 g/mol. The number of hydrogen-bond acceptors (Lipinski definition) is 4. The molecule has 0 aliphatic rings. The van der Waals surface area contributed by atoms with E-state index in [1.807, 2.05) is 36.4 Å². The number of carbonyl (C=O) groups is 1. The second-order valence-corrected chi connectivity index (χ2v) is 6.11. The van der Waals surface area contributed by atoms with E-state index in [-0.39, 0.29) is 19.3 Å². The van der Waals surface area contributed by atoms with Crippen LogP contribution in [0.25, 0.3) is 0 Å². The number of rotatable bonds is 10. The van der Waals surface area contributed by atoms with Crippen molar-refractivity contribution < 1.29 is 19.7 Å². The molecule has 1 unspecified atom stereocenters. The maximum absolute atomic E-state index is 10.5. The minimum Gasteiger partial charge on any atom is -0.482 e. The van der Waals surface area contributed by atoms with Crippen LogP contribution in [0.1, 0.15) is 23.6 Å². The lowest BCUT2D eigenvalue weighted by molar-refractivity contribution is -0.139. The van der Waals surface area contributed by atoms with Crippen molar-refractivity contribution in [3.05, 3.63) is 64.7 Å². The van der Waals surface area contributed by atoms with Crippen LogP contribution in [0.2, 0.25) is 5.02 Å². The van der Waals surface area contributed by atoms with Crippen LogP contribution in [0.4, 0.5) is 0 Å². The van der Waals surface area contributed by atoms with Gasteiger partial charge in [0.2, 0.25) is 0 Å². The molecule has 6 heteroatoms. The van der Waals surface area contributed by atoms with Crippen LogP contribution in [0.5, 0.6) is 5.75 Å². The maximum atomic E-state index is 10.5. The summed E-state index contributed by atoms with van der Waals surface area (Å²) < 4.78 is 5.10. The van der Waals surface area contributed by atoms with E-state index in [1.54, 1.807) is 12.1 Å². The summed E-state index contributed by atoms with van der Waals surface area (Å²) in [5.41, 5.74) is 2.11. The molecule has 25 heavy (non-hydrogen) atoms. The molecule has 0 heterocycles. The van der Waals surface area contributed by atoms with E-state index in [0.717, 1.165) is 30.5 Å². The van der Waals surface area contributed by atoms with E-state index in [4.69, 9.17) is 21.4 Å². The van der Waals surface area contributed by atoms with Crippen LogP contribution >= 0.6 is 11.6 Å². The number of aliphatic carboxylic acids is 1. The largest absolute Gasteiger partial charge is 0.482 e. The molecular formula is C19H22ClNO4. The Morgan fingerprint density at radius 2 is 1.96 bits per heavy atom. The highest BCUT2D eigenvalue weighted by atomic mass is 35.5. The third kappa shape index (κ3) is 6.74. The number of aliphatic hydroxyl groups excluding tert-OH is 1. The van der Waals surface area contributed by atoms with E-state index in [2.05, 4.69) is 5.32 Å². The van der Waals surface area contributed by atoms with Crippen LogP contribution in [-0.4, -0.2) is 35.9 Å². The fraction of sp³-hybridized carbons (Fsp3) is 0.316. The van der Waals surface area contributed by atoms with Gasteiger partial charge in [0.25, 0.3) is 0 Å². The highest BCUT2D eigenvalue weighted by molar-refractivity contribution is 6.30. The quantitative estimate of drug-likeness (QED) is 0.565. The predicted molar refractivity (Wildman–Crippen MR) is 97.2 cm³/mol. The molecule has 0 amide bonds. The van der Waals surface area contributed by atoms with Gasteiger partial charge in [-0.2, -0.15) is 0 Å². The van der Waals surface area contributed by atoms with Gasteiger partial charge in [0.05, 0.1) is 12.6 Å². The molecule has 0 aliphatic heterocycles. The average molecular weight is 364 g/mol. The number of aryl methyl sites for hydroxylation is 1. The number of aliphatic hydroxyl groups is 1. The Labute approximate surface area is 152 Å². The average Bonchev–Trinajstić information content (AvgIpc) is 2.61. The van der Waals surface area contributed by atoms with Crippen LogP contribution in [0.15, 0.2) is 48.5 Å². The molecule has 0 saturated carbocycles. The zero-order chi connectivity index (χ0) is 18.1. The molecule has 5 nitrogen and oxygen atoms in total. The number of ether oxygens (including phenoxy) is 1. The van der Waals surface area contributed by atoms with Crippen molar-refractivity contribution in [2.24, 2.45) is 0 Å². The van der Waals surface area contributed by atoms with Crippen LogP contribution in [-0.2, 0) is 11.2 Å². The lowest BCUT2D eigenvalue weighted by Gasteiger charge is -2.17. The Hall–Kier alpha value is -2.08. The number of benzene rings is 2. The van der Waals surface area contributed by atoms with Crippen LogP contribution < -0.4 is 10.1 Å². The molecule has 0 fully saturated rings. The molecule has 0 bridgehead atoms. The molecule has 2 aromatic carbocycles. The van der Waals surface area contributed by atoms with Gasteiger partial charge in [-0.3, -0.25) is 0 Å². The van der Waals surface area contributed by atoms with Crippen molar-refractivity contribution in [3.63, 3.8) is 0 Å². The van der Waals surface area contributed by atoms with Gasteiger partial charge in [-0.05, 0) is 54.8 Å². The SMILES string of the molecule is O=C(O)COc1ccc(CCCNC(CO)c2cccc(Cl)c2)cc1. The number of halogens is 1. The summed E-state index contributed by atoms with van der Waals surface area (Å²) in [5, 5.41) is 22.1. The Morgan fingerprint density at radius 1 is 1.20 bits per heavy atom. The van der Waals surface area contributed by atoms with Crippen LogP contribution in [0.3, 0.4) is 0 Å². The minimum atomic E-state index is -0.992. The van der Waals surface area contributed by atoms with Crippen LogP contribution in [0, 0.1) is 0 Å². The van der Waals surface area contributed by atoms with E-state index in [0.29, 0.717) is 10.8 Å². The molecule has 2 rings (SSSR count). The molecule has 0 saturated heterocycles. The summed E-state index contributed by atoms with van der Waals surface area (Å²) in [6.45, 7) is 0.431. The molecule has 0 spiro atoms. The van der Waals surface area contributed by atoms with Crippen molar-refractivity contribution in [2.45, 2.75) is 18.9 Å². The number of carboxylic acid groups (broad SMARTS) is 1. The third-order valence-electron chi connectivity index (χ3n) is 3.75. The lowest BCUT2D eigenvalue weighted by atomic mass is 10.1.